The summed E-state index contributed by atoms with van der Waals surface area (Å²) >= 11 is 1.58. The van der Waals surface area contributed by atoms with Crippen LogP contribution in [-0.4, -0.2) is 54.1 Å². The predicted molar refractivity (Wildman–Crippen MR) is 101 cm³/mol. The van der Waals surface area contributed by atoms with Gasteiger partial charge in [0.15, 0.2) is 0 Å². The number of aliphatic hydroxyl groups is 2. The predicted octanol–water partition coefficient (Wildman–Crippen LogP) is 3.61. The molecule has 2 rings (SSSR count). The first-order chi connectivity index (χ1) is 12.1. The van der Waals surface area contributed by atoms with E-state index in [4.69, 9.17) is 13.8 Å². The van der Waals surface area contributed by atoms with Crippen molar-refractivity contribution in [3.8, 4) is 0 Å². The average molecular weight is 391 g/mol. The fourth-order valence-electron chi connectivity index (χ4n) is 1.91. The Balaban J connectivity index is 0.000000324. The first-order valence-electron chi connectivity index (χ1n) is 8.15. The van der Waals surface area contributed by atoms with Crippen molar-refractivity contribution in [2.75, 3.05) is 25.6 Å². The third kappa shape index (κ3) is 9.61. The molecule has 1 saturated heterocycles. The van der Waals surface area contributed by atoms with Crippen molar-refractivity contribution in [2.24, 2.45) is 5.18 Å². The summed E-state index contributed by atoms with van der Waals surface area (Å²) in [6.45, 7) is 5.34. The van der Waals surface area contributed by atoms with Gasteiger partial charge in [0, 0.05) is 12.2 Å². The highest BCUT2D eigenvalue weighted by Gasteiger charge is 2.29. The number of nitrogens with zero attached hydrogens (tertiary/aromatic N) is 1. The normalized spacial score (nSPS) is 23.0. The number of benzene rings is 1. The lowest BCUT2D eigenvalue weighted by molar-refractivity contribution is -0.113. The zero-order valence-corrected chi connectivity index (χ0v) is 16.2. The lowest BCUT2D eigenvalue weighted by atomic mass is 10.1. The van der Waals surface area contributed by atoms with E-state index in [1.807, 2.05) is 19.9 Å². The highest BCUT2D eigenvalue weighted by atomic mass is 32.7. The molecule has 9 heteroatoms. The zero-order chi connectivity index (χ0) is 18.5. The second kappa shape index (κ2) is 13.6. The van der Waals surface area contributed by atoms with Crippen LogP contribution < -0.4 is 0 Å². The van der Waals surface area contributed by atoms with E-state index in [1.54, 1.807) is 35.6 Å². The van der Waals surface area contributed by atoms with Crippen LogP contribution in [0, 0.1) is 4.91 Å². The second-order valence-corrected chi connectivity index (χ2v) is 8.33. The lowest BCUT2D eigenvalue weighted by Gasteiger charge is -2.30. The van der Waals surface area contributed by atoms with E-state index in [1.165, 1.54) is 0 Å². The highest BCUT2D eigenvalue weighted by molar-refractivity contribution is 8.52. The summed E-state index contributed by atoms with van der Waals surface area (Å²) < 4.78 is 16.4. The van der Waals surface area contributed by atoms with Crippen molar-refractivity contribution in [1.29, 1.82) is 0 Å². The Hall–Kier alpha value is -0.600. The van der Waals surface area contributed by atoms with E-state index in [-0.39, 0.29) is 12.7 Å². The summed E-state index contributed by atoms with van der Waals surface area (Å²) in [6, 6.07) is 8.71. The number of ether oxygens (including phenoxy) is 1. The van der Waals surface area contributed by atoms with Crippen LogP contribution in [0.4, 0.5) is 5.69 Å². The molecule has 3 unspecified atom stereocenters. The summed E-state index contributed by atoms with van der Waals surface area (Å²) in [6.07, 6.45) is -1.00. The molecule has 1 aromatic carbocycles. The maximum Gasteiger partial charge on any atom is 0.238 e. The molecule has 1 fully saturated rings. The van der Waals surface area contributed by atoms with Gasteiger partial charge in [-0.05, 0) is 31.2 Å². The van der Waals surface area contributed by atoms with Gasteiger partial charge in [0.25, 0.3) is 0 Å². The van der Waals surface area contributed by atoms with Crippen LogP contribution in [0.1, 0.15) is 20.3 Å². The Bertz CT molecular complexity index is 463. The molecule has 0 aliphatic carbocycles. The van der Waals surface area contributed by atoms with Crippen molar-refractivity contribution in [3.63, 3.8) is 0 Å². The van der Waals surface area contributed by atoms with Crippen molar-refractivity contribution in [2.45, 2.75) is 38.6 Å². The minimum absolute atomic E-state index is 0.0377. The summed E-state index contributed by atoms with van der Waals surface area (Å²) in [5, 5.41) is 21.6. The third-order valence-corrected chi connectivity index (χ3v) is 6.53. The van der Waals surface area contributed by atoms with Gasteiger partial charge in [-0.15, -0.1) is 4.91 Å². The zero-order valence-electron chi connectivity index (χ0n) is 14.5. The molecule has 25 heavy (non-hydrogen) atoms. The van der Waals surface area contributed by atoms with Gasteiger partial charge in [0.2, 0.25) is 7.58 Å². The van der Waals surface area contributed by atoms with E-state index in [9.17, 15) is 15.1 Å². The summed E-state index contributed by atoms with van der Waals surface area (Å²) in [7, 11) is -0.919. The number of nitroso groups, excluding NO2 is 1. The molecule has 0 amide bonds. The van der Waals surface area contributed by atoms with Crippen LogP contribution >= 0.6 is 19.0 Å². The van der Waals surface area contributed by atoms with Crippen LogP contribution in [0.15, 0.2) is 35.5 Å². The Kier molecular flexibility index (Phi) is 12.2. The first-order valence-corrected chi connectivity index (χ1v) is 10.9. The molecule has 142 valence electrons. The molecule has 0 radical (unpaired) electrons. The van der Waals surface area contributed by atoms with Crippen LogP contribution in [0.2, 0.25) is 0 Å². The SMILES string of the molecule is CCOP(OCC)SCC1CC(O)C(O)CO1.O=Nc1ccccc1. The fourth-order valence-corrected chi connectivity index (χ4v) is 5.02. The molecule has 3 atom stereocenters. The monoisotopic (exact) mass is 391 g/mol. The topological polar surface area (TPSA) is 97.6 Å². The van der Waals surface area contributed by atoms with E-state index in [2.05, 4.69) is 5.18 Å². The molecule has 1 aromatic rings. The van der Waals surface area contributed by atoms with Gasteiger partial charge in [0.1, 0.15) is 11.8 Å². The Morgan fingerprint density at radius 3 is 2.32 bits per heavy atom. The molecule has 2 N–H and O–H groups in total. The first kappa shape index (κ1) is 22.4. The second-order valence-electron chi connectivity index (χ2n) is 5.11. The number of hydrogen-bond acceptors (Lipinski definition) is 8. The van der Waals surface area contributed by atoms with Gasteiger partial charge < -0.3 is 24.0 Å². The van der Waals surface area contributed by atoms with E-state index in [0.29, 0.717) is 25.3 Å². The maximum absolute atomic E-state index is 9.76. The van der Waals surface area contributed by atoms with E-state index in [0.717, 1.165) is 5.75 Å². The van der Waals surface area contributed by atoms with Crippen LogP contribution in [0.5, 0.6) is 0 Å². The molecular formula is C16H26NO6PS. The molecule has 7 nitrogen and oxygen atoms in total. The fraction of sp³-hybridized carbons (Fsp3) is 0.625. The number of hydrogen-bond donors (Lipinski definition) is 2. The van der Waals surface area contributed by atoms with Gasteiger partial charge in [-0.3, -0.25) is 0 Å². The molecule has 0 saturated carbocycles. The summed E-state index contributed by atoms with van der Waals surface area (Å²) in [5.74, 6) is 0.718. The van der Waals surface area contributed by atoms with E-state index >= 15 is 0 Å². The molecule has 0 spiro atoms. The van der Waals surface area contributed by atoms with Gasteiger partial charge in [-0.25, -0.2) is 0 Å². The number of aliphatic hydroxyl groups excluding tert-OH is 2. The molecule has 1 aliphatic rings. The molecule has 0 aromatic heterocycles. The molecule has 0 bridgehead atoms. The number of rotatable bonds is 8. The molecule has 1 aliphatic heterocycles. The lowest BCUT2D eigenvalue weighted by Crippen LogP contribution is -2.41. The van der Waals surface area contributed by atoms with Gasteiger partial charge in [0.05, 0.1) is 32.0 Å². The van der Waals surface area contributed by atoms with Crippen LogP contribution in [0.25, 0.3) is 0 Å². The summed E-state index contributed by atoms with van der Waals surface area (Å²) in [5.41, 5.74) is 0.479. The standard InChI is InChI=1S/C10H21O5PS.C6H5NO/c1-3-14-16(15-4-2)17-7-8-5-9(11)10(12)6-13-8;8-7-6-4-2-1-3-5-6/h8-12H,3-7H2,1-2H3;1-5H. The van der Waals surface area contributed by atoms with Crippen molar-refractivity contribution >= 4 is 24.6 Å². The van der Waals surface area contributed by atoms with Crippen molar-refractivity contribution in [3.05, 3.63) is 35.2 Å². The van der Waals surface area contributed by atoms with Crippen LogP contribution in [-0.2, 0) is 13.8 Å². The van der Waals surface area contributed by atoms with Crippen LogP contribution in [0.3, 0.4) is 0 Å². The third-order valence-electron chi connectivity index (χ3n) is 3.15. The Morgan fingerprint density at radius 2 is 1.84 bits per heavy atom. The van der Waals surface area contributed by atoms with E-state index < -0.39 is 19.8 Å². The van der Waals surface area contributed by atoms with Gasteiger partial charge in [-0.1, -0.05) is 29.6 Å². The smallest absolute Gasteiger partial charge is 0.238 e. The van der Waals surface area contributed by atoms with Crippen molar-refractivity contribution in [1.82, 2.24) is 0 Å². The maximum atomic E-state index is 9.76. The van der Waals surface area contributed by atoms with Gasteiger partial charge >= 0.3 is 0 Å². The molecular weight excluding hydrogens is 365 g/mol. The Labute approximate surface area is 153 Å². The highest BCUT2D eigenvalue weighted by Crippen LogP contribution is 2.52. The minimum Gasteiger partial charge on any atom is -0.390 e. The largest absolute Gasteiger partial charge is 0.390 e. The molecule has 1 heterocycles. The summed E-state index contributed by atoms with van der Waals surface area (Å²) in [4.78, 5) is 9.76. The van der Waals surface area contributed by atoms with Gasteiger partial charge in [-0.2, -0.15) is 0 Å². The minimum atomic E-state index is -0.919. The quantitative estimate of drug-likeness (QED) is 0.516. The average Bonchev–Trinajstić information content (AvgIpc) is 2.64. The van der Waals surface area contributed by atoms with Crippen molar-refractivity contribution < 1.29 is 24.0 Å². The Morgan fingerprint density at radius 1 is 1.20 bits per heavy atom.